The van der Waals surface area contributed by atoms with Crippen molar-refractivity contribution in [2.75, 3.05) is 31.6 Å². The van der Waals surface area contributed by atoms with Crippen LogP contribution < -0.4 is 29.9 Å². The van der Waals surface area contributed by atoms with Gasteiger partial charge in [0.2, 0.25) is 0 Å². The first kappa shape index (κ1) is 45.9. The van der Waals surface area contributed by atoms with Crippen molar-refractivity contribution in [1.82, 2.24) is 10.6 Å². The van der Waals surface area contributed by atoms with Gasteiger partial charge in [0.05, 0.1) is 41.2 Å². The number of carbonyl (C=O) groups excluding carboxylic acids is 3. The Morgan fingerprint density at radius 2 is 1.10 bits per heavy atom. The van der Waals surface area contributed by atoms with Gasteiger partial charge in [-0.05, 0) is 127 Å². The van der Waals surface area contributed by atoms with E-state index in [1.807, 2.05) is 96.1 Å². The summed E-state index contributed by atoms with van der Waals surface area (Å²) in [6.45, 7) is 17.6. The molecule has 60 heavy (non-hydrogen) atoms. The van der Waals surface area contributed by atoms with E-state index in [1.54, 1.807) is 57.2 Å². The molecule has 320 valence electrons. The van der Waals surface area contributed by atoms with Crippen LogP contribution in [0, 0.1) is 0 Å². The van der Waals surface area contributed by atoms with Crippen LogP contribution >= 0.6 is 20.2 Å². The molecule has 0 aromatic heterocycles. The molecule has 0 saturated heterocycles. The summed E-state index contributed by atoms with van der Waals surface area (Å²) in [4.78, 5) is 39.8. The molecule has 5 aromatic rings. The molecule has 0 fully saturated rings. The fraction of sp³-hybridized carbons (Fsp3) is 0.370. The molecule has 3 amide bonds. The van der Waals surface area contributed by atoms with E-state index in [4.69, 9.17) is 39.4 Å². The molecule has 0 saturated carbocycles. The van der Waals surface area contributed by atoms with Crippen molar-refractivity contribution < 1.29 is 42.2 Å². The number of anilines is 1. The Morgan fingerprint density at radius 1 is 0.583 bits per heavy atom. The van der Waals surface area contributed by atoms with Crippen LogP contribution in [-0.2, 0) is 13.8 Å². The zero-order chi connectivity index (χ0) is 43.7. The van der Waals surface area contributed by atoms with Crippen LogP contribution in [0.2, 0.25) is 5.02 Å². The molecule has 0 radical (unpaired) electrons. The van der Waals surface area contributed by atoms with Crippen molar-refractivity contribution in [3.05, 3.63) is 107 Å². The molecule has 14 heteroatoms. The van der Waals surface area contributed by atoms with Gasteiger partial charge in [-0.1, -0.05) is 60.1 Å². The van der Waals surface area contributed by atoms with Gasteiger partial charge in [0, 0.05) is 17.6 Å². The highest BCUT2D eigenvalue weighted by molar-refractivity contribution is 7.42. The standard InChI is InChI=1S/C46H55ClN3O9P/c1-44(2,3)56-43(53)49-21-14-23-54-38-27-32-17-12-10-15-30(32)25-35(38)41(51)48-22-24-55-39-28-33-18-13-11-16-31(33)26-36(39)42(52)50-37-20-19-34(47)29-40(37)57-60(58-45(4,5)6)59-46(7,8)9/h10-13,15-20,25-29H,14,21-24H2,1-9H3,(H,48,51)(H,49,53)(H,50,52). The summed E-state index contributed by atoms with van der Waals surface area (Å²) >= 11 is 6.40. The number of halogens is 1. The molecule has 0 bridgehead atoms. The minimum Gasteiger partial charge on any atom is -0.493 e. The first-order chi connectivity index (χ1) is 28.2. The predicted octanol–water partition coefficient (Wildman–Crippen LogP) is 11.2. The van der Waals surface area contributed by atoms with Crippen LogP contribution in [0.5, 0.6) is 17.2 Å². The van der Waals surface area contributed by atoms with Crippen LogP contribution in [-0.4, -0.2) is 61.0 Å². The van der Waals surface area contributed by atoms with Gasteiger partial charge in [0.1, 0.15) is 23.7 Å². The van der Waals surface area contributed by atoms with Crippen LogP contribution in [0.25, 0.3) is 21.5 Å². The number of benzene rings is 5. The average molecular weight is 860 g/mol. The highest BCUT2D eigenvalue weighted by Crippen LogP contribution is 2.49. The minimum atomic E-state index is -1.90. The maximum Gasteiger partial charge on any atom is 0.407 e. The Labute approximate surface area is 358 Å². The van der Waals surface area contributed by atoms with Crippen molar-refractivity contribution >= 4 is 65.3 Å². The third-order valence-corrected chi connectivity index (χ3v) is 10.1. The van der Waals surface area contributed by atoms with Crippen LogP contribution in [0.4, 0.5) is 10.5 Å². The molecule has 5 aromatic carbocycles. The summed E-state index contributed by atoms with van der Waals surface area (Å²) in [6, 6.07) is 27.4. The number of alkyl carbamates (subject to hydrolysis) is 1. The van der Waals surface area contributed by atoms with Crippen molar-refractivity contribution in [2.45, 2.75) is 85.5 Å². The number of carbonyl (C=O) groups is 3. The topological polar surface area (TPSA) is 143 Å². The number of hydrogen-bond donors (Lipinski definition) is 3. The van der Waals surface area contributed by atoms with Crippen molar-refractivity contribution in [3.8, 4) is 17.2 Å². The lowest BCUT2D eigenvalue weighted by Gasteiger charge is -2.30. The zero-order valence-electron chi connectivity index (χ0n) is 35.7. The van der Waals surface area contributed by atoms with Crippen LogP contribution in [0.15, 0.2) is 91.0 Å². The van der Waals surface area contributed by atoms with E-state index in [1.165, 1.54) is 0 Å². The highest BCUT2D eigenvalue weighted by Gasteiger charge is 2.30. The summed E-state index contributed by atoms with van der Waals surface area (Å²) < 4.78 is 36.1. The number of amides is 3. The van der Waals surface area contributed by atoms with Gasteiger partial charge in [-0.2, -0.15) is 0 Å². The molecule has 0 aliphatic heterocycles. The molecular weight excluding hydrogens is 805 g/mol. The monoisotopic (exact) mass is 859 g/mol. The molecule has 0 aliphatic rings. The van der Waals surface area contributed by atoms with Gasteiger partial charge in [0.25, 0.3) is 11.8 Å². The smallest absolute Gasteiger partial charge is 0.407 e. The van der Waals surface area contributed by atoms with Crippen molar-refractivity contribution in [3.63, 3.8) is 0 Å². The highest BCUT2D eigenvalue weighted by atomic mass is 35.5. The molecule has 0 spiro atoms. The molecular formula is C46H55ClN3O9P. The van der Waals surface area contributed by atoms with Gasteiger partial charge in [-0.25, -0.2) is 4.79 Å². The summed E-state index contributed by atoms with van der Waals surface area (Å²) in [5, 5.41) is 12.5. The summed E-state index contributed by atoms with van der Waals surface area (Å²) in [7, 11) is -1.90. The molecule has 5 rings (SSSR count). The molecule has 0 atom stereocenters. The largest absolute Gasteiger partial charge is 0.493 e. The van der Waals surface area contributed by atoms with Gasteiger partial charge in [-0.15, -0.1) is 0 Å². The third-order valence-electron chi connectivity index (χ3n) is 8.14. The maximum absolute atomic E-state index is 14.1. The molecule has 3 N–H and O–H groups in total. The number of ether oxygens (including phenoxy) is 3. The average Bonchev–Trinajstić information content (AvgIpc) is 3.14. The second-order valence-corrected chi connectivity index (χ2v) is 18.4. The Hall–Kier alpha value is -5.13. The van der Waals surface area contributed by atoms with Gasteiger partial charge in [0.15, 0.2) is 5.75 Å². The second kappa shape index (κ2) is 20.0. The Kier molecular flexibility index (Phi) is 15.3. The van der Waals surface area contributed by atoms with Gasteiger partial charge < -0.3 is 34.7 Å². The normalized spacial score (nSPS) is 12.0. The number of nitrogens with one attached hydrogen (secondary N) is 3. The zero-order valence-corrected chi connectivity index (χ0v) is 37.3. The fourth-order valence-electron chi connectivity index (χ4n) is 5.66. The Morgan fingerprint density at radius 3 is 1.63 bits per heavy atom. The molecule has 0 heterocycles. The quantitative estimate of drug-likeness (QED) is 0.0652. The van der Waals surface area contributed by atoms with Gasteiger partial charge >= 0.3 is 14.7 Å². The summed E-state index contributed by atoms with van der Waals surface area (Å²) in [5.41, 5.74) is -0.781. The van der Waals surface area contributed by atoms with Crippen LogP contribution in [0.1, 0.15) is 89.5 Å². The molecule has 0 unspecified atom stereocenters. The Balaban J connectivity index is 1.28. The van der Waals surface area contributed by atoms with E-state index < -0.39 is 37.4 Å². The lowest BCUT2D eigenvalue weighted by Crippen LogP contribution is -2.33. The van der Waals surface area contributed by atoms with Crippen LogP contribution in [0.3, 0.4) is 0 Å². The lowest BCUT2D eigenvalue weighted by molar-refractivity contribution is 0.0498. The maximum atomic E-state index is 14.1. The number of fused-ring (bicyclic) bond motifs is 2. The van der Waals surface area contributed by atoms with E-state index >= 15 is 0 Å². The lowest BCUT2D eigenvalue weighted by atomic mass is 10.0. The fourth-order valence-corrected chi connectivity index (χ4v) is 7.14. The van der Waals surface area contributed by atoms with Crippen molar-refractivity contribution in [1.29, 1.82) is 0 Å². The summed E-state index contributed by atoms with van der Waals surface area (Å²) in [5.74, 6) is 0.190. The SMILES string of the molecule is CC(C)(C)OC(=O)NCCCOc1cc2ccccc2cc1C(=O)NCCOc1cc2ccccc2cc1C(=O)Nc1ccc(Cl)cc1OP(OC(C)(C)C)OC(C)(C)C. The first-order valence-electron chi connectivity index (χ1n) is 19.8. The minimum absolute atomic E-state index is 0.0539. The first-order valence-corrected chi connectivity index (χ1v) is 21.2. The second-order valence-electron chi connectivity index (χ2n) is 16.9. The molecule has 12 nitrogen and oxygen atoms in total. The number of hydrogen-bond acceptors (Lipinski definition) is 9. The number of rotatable bonds is 16. The van der Waals surface area contributed by atoms with Crippen molar-refractivity contribution in [2.24, 2.45) is 0 Å². The Bertz CT molecular complexity index is 2280. The van der Waals surface area contributed by atoms with E-state index in [0.717, 1.165) is 21.5 Å². The van der Waals surface area contributed by atoms with E-state index in [-0.39, 0.29) is 37.0 Å². The van der Waals surface area contributed by atoms with E-state index in [2.05, 4.69) is 16.0 Å². The molecule has 0 aliphatic carbocycles. The van der Waals surface area contributed by atoms with E-state index in [9.17, 15) is 14.4 Å². The predicted molar refractivity (Wildman–Crippen MR) is 239 cm³/mol. The third kappa shape index (κ3) is 14.3. The summed E-state index contributed by atoms with van der Waals surface area (Å²) in [6.07, 6.45) is -0.0103. The van der Waals surface area contributed by atoms with Gasteiger partial charge in [-0.3, -0.25) is 18.6 Å². The van der Waals surface area contributed by atoms with E-state index in [0.29, 0.717) is 40.7 Å².